The van der Waals surface area contributed by atoms with Gasteiger partial charge >= 0.3 is 12.4 Å². The van der Waals surface area contributed by atoms with Gasteiger partial charge in [-0.3, -0.25) is 9.59 Å². The van der Waals surface area contributed by atoms with E-state index in [2.05, 4.69) is 10.6 Å². The van der Waals surface area contributed by atoms with Gasteiger partial charge in [0.15, 0.2) is 0 Å². The van der Waals surface area contributed by atoms with Crippen LogP contribution in [-0.2, 0) is 23.6 Å². The van der Waals surface area contributed by atoms with Crippen molar-refractivity contribution in [1.29, 1.82) is 0 Å². The molecule has 1 heterocycles. The van der Waals surface area contributed by atoms with Crippen LogP contribution in [0.4, 0.5) is 26.3 Å². The first kappa shape index (κ1) is 32.2. The number of nitrogens with one attached hydrogen (secondary N) is 2. The molecule has 5 nitrogen and oxygen atoms in total. The van der Waals surface area contributed by atoms with Crippen molar-refractivity contribution in [2.45, 2.75) is 50.6 Å². The van der Waals surface area contributed by atoms with Gasteiger partial charge in [0.2, 0.25) is 5.91 Å². The number of carbonyl (C=O) groups is 2. The van der Waals surface area contributed by atoms with Gasteiger partial charge < -0.3 is 15.5 Å². The molecule has 0 bridgehead atoms. The van der Waals surface area contributed by atoms with E-state index in [1.54, 1.807) is 14.1 Å². The smallest absolute Gasteiger partial charge is 0.359 e. The molecular formula is C25H30ClF6N3O2. The third-order valence-electron chi connectivity index (χ3n) is 5.89. The molecule has 1 saturated heterocycles. The average molecular weight is 554 g/mol. The van der Waals surface area contributed by atoms with Crippen molar-refractivity contribution in [3.8, 4) is 0 Å². The van der Waals surface area contributed by atoms with E-state index in [0.29, 0.717) is 31.4 Å². The van der Waals surface area contributed by atoms with Crippen LogP contribution in [0, 0.1) is 0 Å². The molecule has 3 rings (SSSR count). The molecule has 1 aliphatic rings. The highest BCUT2D eigenvalue weighted by Gasteiger charge is 2.39. The molecule has 2 atom stereocenters. The summed E-state index contributed by atoms with van der Waals surface area (Å²) in [6, 6.07) is 10.0. The van der Waals surface area contributed by atoms with E-state index in [9.17, 15) is 35.9 Å². The summed E-state index contributed by atoms with van der Waals surface area (Å²) >= 11 is 0. The minimum atomic E-state index is -5.00. The van der Waals surface area contributed by atoms with E-state index in [1.165, 1.54) is 11.8 Å². The highest BCUT2D eigenvalue weighted by Crippen LogP contribution is 2.37. The summed E-state index contributed by atoms with van der Waals surface area (Å²) in [7, 11) is 3.38. The number of halogens is 7. The minimum absolute atomic E-state index is 0. The van der Waals surface area contributed by atoms with Crippen LogP contribution in [0.1, 0.15) is 46.8 Å². The number of likely N-dealkylation sites (tertiary alicyclic amines) is 1. The molecule has 0 spiro atoms. The van der Waals surface area contributed by atoms with Crippen LogP contribution in [0.5, 0.6) is 0 Å². The second-order valence-electron chi connectivity index (χ2n) is 8.45. The molecule has 0 aliphatic carbocycles. The zero-order valence-corrected chi connectivity index (χ0v) is 21.4. The molecule has 0 radical (unpaired) electrons. The van der Waals surface area contributed by atoms with E-state index >= 15 is 0 Å². The van der Waals surface area contributed by atoms with Crippen LogP contribution in [-0.4, -0.2) is 49.4 Å². The van der Waals surface area contributed by atoms with Crippen molar-refractivity contribution >= 4 is 24.2 Å². The van der Waals surface area contributed by atoms with Gasteiger partial charge in [-0.1, -0.05) is 30.3 Å². The molecule has 2 unspecified atom stereocenters. The number of alkyl halides is 6. The predicted molar refractivity (Wildman–Crippen MR) is 130 cm³/mol. The summed E-state index contributed by atoms with van der Waals surface area (Å²) in [5.41, 5.74) is -2.66. The van der Waals surface area contributed by atoms with Gasteiger partial charge in [-0.15, -0.1) is 12.4 Å². The van der Waals surface area contributed by atoms with Crippen molar-refractivity contribution < 1.29 is 35.9 Å². The van der Waals surface area contributed by atoms with Gasteiger partial charge in [0.25, 0.3) is 5.91 Å². The standard InChI is InChI=1S/C22H22F6N2O.C3H7NO.ClH/c1-29-18-7-8-30(19(13-18)9-14-5-3-2-4-6-14)20(31)15-10-16(21(23,24)25)12-17(11-15)22(26,27)28;1-3(5)4-2;/h2-6,10-12,18-19,29H,7-9,13H2,1H3;1-2H3,(H,4,5);1H. The molecular weight excluding hydrogens is 524 g/mol. The maximum atomic E-state index is 13.2. The first-order valence-corrected chi connectivity index (χ1v) is 11.3. The summed E-state index contributed by atoms with van der Waals surface area (Å²) in [6.45, 7) is 1.71. The molecule has 0 aromatic heterocycles. The second kappa shape index (κ2) is 13.7. The normalized spacial score (nSPS) is 17.7. The van der Waals surface area contributed by atoms with Crippen LogP contribution in [0.15, 0.2) is 48.5 Å². The summed E-state index contributed by atoms with van der Waals surface area (Å²) in [5, 5.41) is 5.53. The highest BCUT2D eigenvalue weighted by molar-refractivity contribution is 5.95. The number of amides is 2. The lowest BCUT2D eigenvalue weighted by atomic mass is 9.91. The number of rotatable bonds is 4. The Morgan fingerprint density at radius 2 is 1.46 bits per heavy atom. The van der Waals surface area contributed by atoms with Gasteiger partial charge in [-0.2, -0.15) is 26.3 Å². The van der Waals surface area contributed by atoms with Crippen LogP contribution >= 0.6 is 12.4 Å². The van der Waals surface area contributed by atoms with Crippen LogP contribution in [0.2, 0.25) is 0 Å². The van der Waals surface area contributed by atoms with Gasteiger partial charge in [-0.05, 0) is 50.1 Å². The van der Waals surface area contributed by atoms with Crippen LogP contribution < -0.4 is 10.6 Å². The largest absolute Gasteiger partial charge is 0.416 e. The Balaban J connectivity index is 0.00000104. The SMILES string of the molecule is CNC(C)=O.CNC1CCN(C(=O)c2cc(C(F)(F)F)cc(C(F)(F)F)c2)C(Cc2ccccc2)C1.Cl. The van der Waals surface area contributed by atoms with Gasteiger partial charge in [-0.25, -0.2) is 0 Å². The first-order valence-electron chi connectivity index (χ1n) is 11.3. The van der Waals surface area contributed by atoms with E-state index in [1.807, 2.05) is 30.3 Å². The summed E-state index contributed by atoms with van der Waals surface area (Å²) in [5.74, 6) is -0.822. The Labute approximate surface area is 218 Å². The average Bonchev–Trinajstić information content (AvgIpc) is 2.83. The number of hydrogen-bond acceptors (Lipinski definition) is 3. The molecule has 12 heteroatoms. The van der Waals surface area contributed by atoms with E-state index < -0.39 is 35.0 Å². The summed E-state index contributed by atoms with van der Waals surface area (Å²) in [6.07, 6.45) is -8.45. The lowest BCUT2D eigenvalue weighted by Gasteiger charge is -2.40. The third kappa shape index (κ3) is 9.55. The van der Waals surface area contributed by atoms with Crippen molar-refractivity contribution in [3.05, 3.63) is 70.8 Å². The third-order valence-corrected chi connectivity index (χ3v) is 5.89. The molecule has 1 aliphatic heterocycles. The van der Waals surface area contributed by atoms with Gasteiger partial charge in [0, 0.05) is 38.2 Å². The molecule has 206 valence electrons. The molecule has 2 amide bonds. The van der Waals surface area contributed by atoms with E-state index in [0.717, 1.165) is 5.56 Å². The number of hydrogen-bond donors (Lipinski definition) is 2. The van der Waals surface area contributed by atoms with Crippen molar-refractivity contribution in [3.63, 3.8) is 0 Å². The van der Waals surface area contributed by atoms with Crippen molar-refractivity contribution in [2.75, 3.05) is 20.6 Å². The van der Waals surface area contributed by atoms with Crippen molar-refractivity contribution in [2.24, 2.45) is 0 Å². The van der Waals surface area contributed by atoms with E-state index in [-0.39, 0.29) is 43.0 Å². The Hall–Kier alpha value is -2.79. The fraction of sp³-hybridized carbons (Fsp3) is 0.440. The quantitative estimate of drug-likeness (QED) is 0.503. The number of carbonyl (C=O) groups excluding carboxylic acids is 2. The van der Waals surface area contributed by atoms with Gasteiger partial charge in [0.1, 0.15) is 0 Å². The summed E-state index contributed by atoms with van der Waals surface area (Å²) in [4.78, 5) is 24.2. The maximum absolute atomic E-state index is 13.2. The Morgan fingerprint density at radius 3 is 1.89 bits per heavy atom. The van der Waals surface area contributed by atoms with Gasteiger partial charge in [0.05, 0.1) is 11.1 Å². The topological polar surface area (TPSA) is 61.4 Å². The molecule has 0 saturated carbocycles. The lowest BCUT2D eigenvalue weighted by molar-refractivity contribution is -0.143. The Bertz CT molecular complexity index is 999. The molecule has 2 aromatic carbocycles. The maximum Gasteiger partial charge on any atom is 0.416 e. The second-order valence-corrected chi connectivity index (χ2v) is 8.45. The lowest BCUT2D eigenvalue weighted by Crippen LogP contribution is -2.51. The fourth-order valence-corrected chi connectivity index (χ4v) is 3.90. The molecule has 2 aromatic rings. The summed E-state index contributed by atoms with van der Waals surface area (Å²) < 4.78 is 79.2. The molecule has 37 heavy (non-hydrogen) atoms. The van der Waals surface area contributed by atoms with Crippen molar-refractivity contribution in [1.82, 2.24) is 15.5 Å². The fourth-order valence-electron chi connectivity index (χ4n) is 3.90. The zero-order valence-electron chi connectivity index (χ0n) is 20.5. The Kier molecular flexibility index (Phi) is 11.9. The zero-order chi connectivity index (χ0) is 27.1. The monoisotopic (exact) mass is 553 g/mol. The predicted octanol–water partition coefficient (Wildman–Crippen LogP) is 5.33. The number of nitrogens with zero attached hydrogens (tertiary/aromatic N) is 1. The minimum Gasteiger partial charge on any atom is -0.359 e. The Morgan fingerprint density at radius 1 is 0.946 bits per heavy atom. The van der Waals surface area contributed by atoms with Crippen LogP contribution in [0.3, 0.4) is 0 Å². The van der Waals surface area contributed by atoms with E-state index in [4.69, 9.17) is 0 Å². The first-order chi connectivity index (χ1) is 16.8. The highest BCUT2D eigenvalue weighted by atomic mass is 35.5. The molecule has 2 N–H and O–H groups in total. The number of piperidine rings is 1. The van der Waals surface area contributed by atoms with Crippen LogP contribution in [0.25, 0.3) is 0 Å². The molecule has 1 fully saturated rings. The number of benzene rings is 2.